The van der Waals surface area contributed by atoms with Crippen LogP contribution in [-0.4, -0.2) is 15.1 Å². The lowest BCUT2D eigenvalue weighted by Gasteiger charge is -2.07. The summed E-state index contributed by atoms with van der Waals surface area (Å²) < 4.78 is 26.9. The van der Waals surface area contributed by atoms with E-state index in [1.165, 1.54) is 0 Å². The van der Waals surface area contributed by atoms with Crippen LogP contribution in [0.15, 0.2) is 52.4 Å². The fourth-order valence-electron chi connectivity index (χ4n) is 2.45. The number of halogens is 2. The molecule has 5 nitrogen and oxygen atoms in total. The number of nitrogens with one attached hydrogen (secondary N) is 1. The molecule has 0 aliphatic carbocycles. The van der Waals surface area contributed by atoms with Gasteiger partial charge in [-0.25, -0.2) is 13.8 Å². The maximum atomic E-state index is 13.4. The number of nitriles is 1. The molecule has 136 valence electrons. The Kier molecular flexibility index (Phi) is 5.52. The van der Waals surface area contributed by atoms with Gasteiger partial charge >= 0.3 is 0 Å². The average Bonchev–Trinajstić information content (AvgIpc) is 2.65. The second-order valence-corrected chi connectivity index (χ2v) is 6.63. The third kappa shape index (κ3) is 4.33. The monoisotopic (exact) mass is 385 g/mol. The molecule has 0 saturated heterocycles. The van der Waals surface area contributed by atoms with Gasteiger partial charge in [-0.3, -0.25) is 4.79 Å². The van der Waals surface area contributed by atoms with Crippen molar-refractivity contribution in [1.82, 2.24) is 9.97 Å². The van der Waals surface area contributed by atoms with Crippen LogP contribution in [0.3, 0.4) is 0 Å². The van der Waals surface area contributed by atoms with Gasteiger partial charge in [0.05, 0.1) is 5.69 Å². The van der Waals surface area contributed by atoms with E-state index < -0.39 is 22.9 Å². The number of H-pyrrole nitrogens is 1. The largest absolute Gasteiger partial charge is 0.503 e. The van der Waals surface area contributed by atoms with E-state index in [1.54, 1.807) is 0 Å². The molecule has 2 aromatic carbocycles. The van der Waals surface area contributed by atoms with Crippen molar-refractivity contribution in [2.75, 3.05) is 0 Å². The molecule has 0 unspecified atom stereocenters. The van der Waals surface area contributed by atoms with Gasteiger partial charge in [-0.2, -0.15) is 5.26 Å². The molecule has 0 bridgehead atoms. The first kappa shape index (κ1) is 18.6. The van der Waals surface area contributed by atoms with Crippen LogP contribution >= 0.6 is 11.8 Å². The van der Waals surface area contributed by atoms with Crippen molar-refractivity contribution >= 4 is 11.8 Å². The highest BCUT2D eigenvalue weighted by Gasteiger charge is 2.14. The Morgan fingerprint density at radius 3 is 2.44 bits per heavy atom. The summed E-state index contributed by atoms with van der Waals surface area (Å²) in [6.07, 6.45) is 0.309. The molecule has 8 heteroatoms. The molecule has 1 heterocycles. The molecular formula is C19H13F2N3O2S. The summed E-state index contributed by atoms with van der Waals surface area (Å²) in [5, 5.41) is 18.6. The van der Waals surface area contributed by atoms with Crippen molar-refractivity contribution in [1.29, 1.82) is 5.26 Å². The summed E-state index contributed by atoms with van der Waals surface area (Å²) in [6, 6.07) is 13.2. The number of rotatable bonds is 5. The van der Waals surface area contributed by atoms with E-state index in [4.69, 9.17) is 5.11 Å². The van der Waals surface area contributed by atoms with E-state index in [-0.39, 0.29) is 22.0 Å². The topological polar surface area (TPSA) is 89.8 Å². The van der Waals surface area contributed by atoms with Crippen LogP contribution in [-0.2, 0) is 12.2 Å². The lowest BCUT2D eigenvalue weighted by molar-refractivity contribution is 0.395. The predicted octanol–water partition coefficient (Wildman–Crippen LogP) is 3.51. The number of hydrogen-bond donors (Lipinski definition) is 2. The third-order valence-corrected chi connectivity index (χ3v) is 4.70. The first-order valence-corrected chi connectivity index (χ1v) is 8.83. The maximum Gasteiger partial charge on any atom is 0.269 e. The van der Waals surface area contributed by atoms with Gasteiger partial charge in [0.2, 0.25) is 0 Å². The molecule has 0 aliphatic heterocycles. The number of phenolic OH excluding ortho intramolecular Hbond substituents is 1. The van der Waals surface area contributed by atoms with Gasteiger partial charge in [-0.1, -0.05) is 42.1 Å². The van der Waals surface area contributed by atoms with Gasteiger partial charge in [0.1, 0.15) is 11.6 Å². The van der Waals surface area contributed by atoms with Gasteiger partial charge in [0, 0.05) is 12.2 Å². The summed E-state index contributed by atoms with van der Waals surface area (Å²) in [4.78, 5) is 19.0. The zero-order valence-electron chi connectivity index (χ0n) is 13.9. The van der Waals surface area contributed by atoms with Gasteiger partial charge in [-0.15, -0.1) is 0 Å². The SMILES string of the molecule is N#Cc1c(Cc2ccccc2)nc(SCc2cc(F)c(O)c(F)c2)[nH]c1=O. The minimum Gasteiger partial charge on any atom is -0.503 e. The van der Waals surface area contributed by atoms with Crippen LogP contribution in [0.25, 0.3) is 0 Å². The molecule has 3 aromatic rings. The molecule has 0 fully saturated rings. The highest BCUT2D eigenvalue weighted by Crippen LogP contribution is 2.26. The predicted molar refractivity (Wildman–Crippen MR) is 96.4 cm³/mol. The first-order chi connectivity index (χ1) is 13.0. The van der Waals surface area contributed by atoms with Crippen LogP contribution in [0, 0.1) is 23.0 Å². The lowest BCUT2D eigenvalue weighted by Crippen LogP contribution is -2.17. The molecule has 0 amide bonds. The average molecular weight is 385 g/mol. The van der Waals surface area contributed by atoms with Gasteiger partial charge in [0.15, 0.2) is 22.5 Å². The number of nitrogens with zero attached hydrogens (tertiary/aromatic N) is 2. The summed E-state index contributed by atoms with van der Waals surface area (Å²) in [5.74, 6) is -3.03. The minimum atomic E-state index is -1.06. The zero-order valence-corrected chi connectivity index (χ0v) is 14.7. The second kappa shape index (κ2) is 8.01. The normalized spacial score (nSPS) is 10.6. The van der Waals surface area contributed by atoms with Gasteiger partial charge in [-0.05, 0) is 23.3 Å². The molecule has 3 rings (SSSR count). The highest BCUT2D eigenvalue weighted by atomic mass is 32.2. The molecule has 2 N–H and O–H groups in total. The Labute approximate surface area is 157 Å². The van der Waals surface area contributed by atoms with Crippen molar-refractivity contribution in [3.8, 4) is 11.8 Å². The van der Waals surface area contributed by atoms with E-state index in [2.05, 4.69) is 9.97 Å². The van der Waals surface area contributed by atoms with Crippen molar-refractivity contribution < 1.29 is 13.9 Å². The number of aromatic nitrogens is 2. The number of aromatic amines is 1. The molecule has 27 heavy (non-hydrogen) atoms. The van der Waals surface area contributed by atoms with Crippen LogP contribution in [0.2, 0.25) is 0 Å². The van der Waals surface area contributed by atoms with Gasteiger partial charge in [0.25, 0.3) is 5.56 Å². The lowest BCUT2D eigenvalue weighted by atomic mass is 10.1. The van der Waals surface area contributed by atoms with Crippen molar-refractivity contribution in [3.05, 3.63) is 86.8 Å². The smallest absolute Gasteiger partial charge is 0.269 e. The number of hydrogen-bond acceptors (Lipinski definition) is 5. The first-order valence-electron chi connectivity index (χ1n) is 7.85. The molecule has 0 spiro atoms. The highest BCUT2D eigenvalue weighted by molar-refractivity contribution is 7.98. The summed E-state index contributed by atoms with van der Waals surface area (Å²) >= 11 is 1.06. The van der Waals surface area contributed by atoms with Crippen LogP contribution < -0.4 is 5.56 Å². The summed E-state index contributed by atoms with van der Waals surface area (Å²) in [6.45, 7) is 0. The minimum absolute atomic E-state index is 0.0649. The molecule has 1 aromatic heterocycles. The van der Waals surface area contributed by atoms with Crippen LogP contribution in [0.4, 0.5) is 8.78 Å². The fourth-order valence-corrected chi connectivity index (χ4v) is 3.26. The van der Waals surface area contributed by atoms with E-state index in [9.17, 15) is 18.8 Å². The Hall–Kier alpha value is -3.18. The Balaban J connectivity index is 1.86. The quantitative estimate of drug-likeness (QED) is 0.518. The molecule has 0 aliphatic rings. The molecule has 0 radical (unpaired) electrons. The van der Waals surface area contributed by atoms with Crippen LogP contribution in [0.1, 0.15) is 22.4 Å². The number of thioether (sulfide) groups is 1. The van der Waals surface area contributed by atoms with Crippen molar-refractivity contribution in [2.24, 2.45) is 0 Å². The summed E-state index contributed by atoms with van der Waals surface area (Å²) in [7, 11) is 0. The van der Waals surface area contributed by atoms with Crippen LogP contribution in [0.5, 0.6) is 5.75 Å². The van der Waals surface area contributed by atoms with E-state index >= 15 is 0 Å². The van der Waals surface area contributed by atoms with Crippen molar-refractivity contribution in [3.63, 3.8) is 0 Å². The van der Waals surface area contributed by atoms with E-state index in [0.717, 1.165) is 29.5 Å². The van der Waals surface area contributed by atoms with E-state index in [0.29, 0.717) is 12.1 Å². The zero-order chi connectivity index (χ0) is 19.4. The Morgan fingerprint density at radius 1 is 1.15 bits per heavy atom. The third-order valence-electron chi connectivity index (χ3n) is 3.75. The fraction of sp³-hybridized carbons (Fsp3) is 0.105. The number of aromatic hydroxyl groups is 1. The standard InChI is InChI=1S/C19H13F2N3O2S/c20-14-6-12(7-15(21)17(14)25)10-27-19-23-16(13(9-22)18(26)24-19)8-11-4-2-1-3-5-11/h1-7,25H,8,10H2,(H,23,24,26). The summed E-state index contributed by atoms with van der Waals surface area (Å²) in [5.41, 5.74) is 0.877. The number of benzene rings is 2. The molecule has 0 atom stereocenters. The van der Waals surface area contributed by atoms with E-state index in [1.807, 2.05) is 36.4 Å². The number of phenols is 1. The molecule has 0 saturated carbocycles. The Morgan fingerprint density at radius 2 is 1.81 bits per heavy atom. The van der Waals surface area contributed by atoms with Gasteiger partial charge < -0.3 is 10.1 Å². The molecular weight excluding hydrogens is 372 g/mol. The maximum absolute atomic E-state index is 13.4. The Bertz CT molecular complexity index is 1060. The second-order valence-electron chi connectivity index (χ2n) is 5.66. The van der Waals surface area contributed by atoms with Crippen molar-refractivity contribution in [2.45, 2.75) is 17.3 Å².